The zero-order valence-electron chi connectivity index (χ0n) is 12.8. The number of rotatable bonds is 4. The van der Waals surface area contributed by atoms with Crippen LogP contribution in [0.4, 0.5) is 0 Å². The molecule has 0 fully saturated rings. The van der Waals surface area contributed by atoms with Crippen LogP contribution in [0.2, 0.25) is 0 Å². The monoisotopic (exact) mass is 333 g/mol. The Morgan fingerprint density at radius 1 is 1.24 bits per heavy atom. The number of carbonyl (C=O) groups excluding carboxylic acids is 1. The van der Waals surface area contributed by atoms with E-state index in [4.69, 9.17) is 15.4 Å². The number of hydrogen-bond acceptors (Lipinski definition) is 4. The maximum absolute atomic E-state index is 11.7. The predicted molar refractivity (Wildman–Crippen MR) is 82.3 cm³/mol. The van der Waals surface area contributed by atoms with Crippen molar-refractivity contribution < 1.29 is 17.9 Å². The van der Waals surface area contributed by atoms with Crippen molar-refractivity contribution in [1.29, 1.82) is 0 Å². The first kappa shape index (κ1) is 17.8. The third kappa shape index (κ3) is 5.55. The van der Waals surface area contributed by atoms with Crippen molar-refractivity contribution in [2.45, 2.75) is 45.1 Å². The molecule has 0 bridgehead atoms. The lowest BCUT2D eigenvalue weighted by Crippen LogP contribution is -2.43. The molecule has 0 saturated heterocycles. The largest absolute Gasteiger partial charge is 0.483 e. The Morgan fingerprint density at radius 2 is 1.71 bits per heavy atom. The van der Waals surface area contributed by atoms with E-state index in [0.29, 0.717) is 16.9 Å². The van der Waals surface area contributed by atoms with E-state index in [1.54, 1.807) is 13.8 Å². The van der Waals surface area contributed by atoms with E-state index in [-0.39, 0.29) is 22.9 Å². The number of nitrogens with one attached hydrogen (secondary N) is 1. The number of amides is 1. The van der Waals surface area contributed by atoms with Gasteiger partial charge in [-0.15, -0.1) is 0 Å². The fraction of sp³-hybridized carbons (Fsp3) is 0.500. The lowest BCUT2D eigenvalue weighted by Gasteiger charge is -2.21. The Bertz CT molecular complexity index is 624. The van der Waals surface area contributed by atoms with Crippen LogP contribution < -0.4 is 10.1 Å². The summed E-state index contributed by atoms with van der Waals surface area (Å²) in [5.41, 5.74) is 0.886. The highest BCUT2D eigenvalue weighted by Crippen LogP contribution is 2.28. The molecule has 0 heterocycles. The number of aryl methyl sites for hydroxylation is 2. The minimum Gasteiger partial charge on any atom is -0.483 e. The van der Waals surface area contributed by atoms with Crippen LogP contribution in [0.5, 0.6) is 5.75 Å². The van der Waals surface area contributed by atoms with Crippen LogP contribution in [0.3, 0.4) is 0 Å². The lowest BCUT2D eigenvalue weighted by atomic mass is 10.1. The van der Waals surface area contributed by atoms with E-state index in [2.05, 4.69) is 5.32 Å². The highest BCUT2D eigenvalue weighted by atomic mass is 35.7. The van der Waals surface area contributed by atoms with Crippen LogP contribution in [0.25, 0.3) is 0 Å². The standard InChI is InChI=1S/C14H20ClNO4S/c1-9-6-11(21(15,18)19)7-10(2)13(9)20-8-12(17)16-14(3,4)5/h6-7H,8H2,1-5H3,(H,16,17). The molecular weight excluding hydrogens is 314 g/mol. The van der Waals surface area contributed by atoms with Crippen LogP contribution in [-0.4, -0.2) is 26.5 Å². The van der Waals surface area contributed by atoms with Crippen LogP contribution in [0.15, 0.2) is 17.0 Å². The van der Waals surface area contributed by atoms with E-state index < -0.39 is 9.05 Å². The van der Waals surface area contributed by atoms with Gasteiger partial charge in [0.1, 0.15) is 5.75 Å². The molecule has 0 unspecified atom stereocenters. The molecule has 1 aromatic carbocycles. The first-order valence-corrected chi connectivity index (χ1v) is 8.71. The molecule has 7 heteroatoms. The average molecular weight is 334 g/mol. The Labute approximate surface area is 130 Å². The van der Waals surface area contributed by atoms with Crippen molar-refractivity contribution in [3.05, 3.63) is 23.3 Å². The van der Waals surface area contributed by atoms with E-state index >= 15 is 0 Å². The summed E-state index contributed by atoms with van der Waals surface area (Å²) >= 11 is 0. The molecule has 0 aliphatic rings. The van der Waals surface area contributed by atoms with Gasteiger partial charge < -0.3 is 10.1 Å². The summed E-state index contributed by atoms with van der Waals surface area (Å²) in [5.74, 6) is 0.249. The summed E-state index contributed by atoms with van der Waals surface area (Å²) in [6.45, 7) is 8.90. The Kier molecular flexibility index (Phi) is 5.28. The van der Waals surface area contributed by atoms with Gasteiger partial charge in [-0.3, -0.25) is 4.79 Å². The van der Waals surface area contributed by atoms with Crippen molar-refractivity contribution in [3.63, 3.8) is 0 Å². The minimum absolute atomic E-state index is 0.0191. The summed E-state index contributed by atoms with van der Waals surface area (Å²) in [7, 11) is 1.54. The third-order valence-corrected chi connectivity index (χ3v) is 3.91. The Morgan fingerprint density at radius 3 is 2.10 bits per heavy atom. The minimum atomic E-state index is -3.78. The van der Waals surface area contributed by atoms with Crippen molar-refractivity contribution in [3.8, 4) is 5.75 Å². The molecule has 1 N–H and O–H groups in total. The fourth-order valence-electron chi connectivity index (χ4n) is 1.87. The van der Waals surface area contributed by atoms with Crippen molar-refractivity contribution in [2.24, 2.45) is 0 Å². The second kappa shape index (κ2) is 6.23. The molecule has 0 aliphatic carbocycles. The van der Waals surface area contributed by atoms with Gasteiger partial charge in [-0.2, -0.15) is 0 Å². The topological polar surface area (TPSA) is 72.5 Å². The molecular formula is C14H20ClNO4S. The molecule has 0 radical (unpaired) electrons. The maximum atomic E-state index is 11.7. The normalized spacial score (nSPS) is 12.1. The lowest BCUT2D eigenvalue weighted by molar-refractivity contribution is -0.124. The molecule has 118 valence electrons. The number of hydrogen-bond donors (Lipinski definition) is 1. The predicted octanol–water partition coefficient (Wildman–Crippen LogP) is 2.52. The van der Waals surface area contributed by atoms with Gasteiger partial charge in [0, 0.05) is 16.2 Å². The number of ether oxygens (including phenoxy) is 1. The van der Waals surface area contributed by atoms with Crippen molar-refractivity contribution >= 4 is 25.6 Å². The first-order valence-electron chi connectivity index (χ1n) is 6.40. The van der Waals surface area contributed by atoms with Gasteiger partial charge in [0.15, 0.2) is 6.61 Å². The van der Waals surface area contributed by atoms with Gasteiger partial charge in [0.2, 0.25) is 0 Å². The van der Waals surface area contributed by atoms with Crippen molar-refractivity contribution in [2.75, 3.05) is 6.61 Å². The van der Waals surface area contributed by atoms with Gasteiger partial charge in [-0.1, -0.05) is 0 Å². The highest BCUT2D eigenvalue weighted by Gasteiger charge is 2.17. The molecule has 1 rings (SSSR count). The van der Waals surface area contributed by atoms with E-state index in [1.807, 2.05) is 20.8 Å². The summed E-state index contributed by atoms with van der Waals surface area (Å²) in [6.07, 6.45) is 0. The van der Waals surface area contributed by atoms with E-state index in [0.717, 1.165) is 0 Å². The van der Waals surface area contributed by atoms with Crippen LogP contribution in [-0.2, 0) is 13.8 Å². The first-order chi connectivity index (χ1) is 9.40. The van der Waals surface area contributed by atoms with Crippen molar-refractivity contribution in [1.82, 2.24) is 5.32 Å². The average Bonchev–Trinajstić information content (AvgIpc) is 2.23. The van der Waals surface area contributed by atoms with Crippen LogP contribution in [0, 0.1) is 13.8 Å². The number of benzene rings is 1. The molecule has 0 atom stereocenters. The zero-order valence-corrected chi connectivity index (χ0v) is 14.4. The molecule has 0 aliphatic heterocycles. The van der Waals surface area contributed by atoms with Crippen LogP contribution in [0.1, 0.15) is 31.9 Å². The molecule has 5 nitrogen and oxygen atoms in total. The van der Waals surface area contributed by atoms with Gasteiger partial charge in [-0.05, 0) is 57.9 Å². The van der Waals surface area contributed by atoms with Crippen LogP contribution >= 0.6 is 10.7 Å². The molecule has 0 aromatic heterocycles. The summed E-state index contributed by atoms with van der Waals surface area (Å²) in [4.78, 5) is 11.7. The third-order valence-electron chi connectivity index (χ3n) is 2.58. The highest BCUT2D eigenvalue weighted by molar-refractivity contribution is 8.13. The van der Waals surface area contributed by atoms with Gasteiger partial charge in [0.05, 0.1) is 4.90 Å². The smallest absolute Gasteiger partial charge is 0.261 e. The molecule has 21 heavy (non-hydrogen) atoms. The summed E-state index contributed by atoms with van der Waals surface area (Å²) < 4.78 is 28.2. The van der Waals surface area contributed by atoms with Gasteiger partial charge in [-0.25, -0.2) is 8.42 Å². The molecule has 0 saturated carbocycles. The molecule has 0 spiro atoms. The Balaban J connectivity index is 2.89. The quantitative estimate of drug-likeness (QED) is 0.859. The zero-order chi connectivity index (χ0) is 16.4. The summed E-state index contributed by atoms with van der Waals surface area (Å²) in [6, 6.07) is 2.85. The second-order valence-corrected chi connectivity index (χ2v) is 8.48. The number of carbonyl (C=O) groups is 1. The van der Waals surface area contributed by atoms with Gasteiger partial charge in [0.25, 0.3) is 15.0 Å². The molecule has 1 aromatic rings. The molecule has 1 amide bonds. The number of halogens is 1. The van der Waals surface area contributed by atoms with E-state index in [1.165, 1.54) is 12.1 Å². The second-order valence-electron chi connectivity index (χ2n) is 5.91. The fourth-order valence-corrected chi connectivity index (χ4v) is 2.77. The SMILES string of the molecule is Cc1cc(S(=O)(=O)Cl)cc(C)c1OCC(=O)NC(C)(C)C. The maximum Gasteiger partial charge on any atom is 0.261 e. The Hall–Kier alpha value is -1.27. The summed E-state index contributed by atoms with van der Waals surface area (Å²) in [5, 5.41) is 2.78. The van der Waals surface area contributed by atoms with Gasteiger partial charge >= 0.3 is 0 Å². The van der Waals surface area contributed by atoms with E-state index in [9.17, 15) is 13.2 Å².